The van der Waals surface area contributed by atoms with Gasteiger partial charge in [-0.05, 0) is 31.0 Å². The molecule has 28 heavy (non-hydrogen) atoms. The minimum atomic E-state index is -0.227. The second-order valence-electron chi connectivity index (χ2n) is 6.68. The van der Waals surface area contributed by atoms with Crippen LogP contribution < -0.4 is 5.32 Å². The van der Waals surface area contributed by atoms with Gasteiger partial charge in [0.2, 0.25) is 0 Å². The second kappa shape index (κ2) is 7.51. The zero-order chi connectivity index (χ0) is 19.7. The van der Waals surface area contributed by atoms with Crippen LogP contribution in [-0.4, -0.2) is 38.4 Å². The van der Waals surface area contributed by atoms with Gasteiger partial charge >= 0.3 is 0 Å². The Labute approximate surface area is 165 Å². The van der Waals surface area contributed by atoms with E-state index in [-0.39, 0.29) is 11.8 Å². The molecule has 0 unspecified atom stereocenters. The summed E-state index contributed by atoms with van der Waals surface area (Å²) in [5.41, 5.74) is 6.03. The van der Waals surface area contributed by atoms with Crippen LogP contribution in [0.3, 0.4) is 0 Å². The number of pyridine rings is 1. The number of aromatic nitrogens is 3. The lowest BCUT2D eigenvalue weighted by atomic mass is 10.0. The average Bonchev–Trinajstić information content (AvgIpc) is 3.35. The number of rotatable bonds is 4. The smallest absolute Gasteiger partial charge is 0.273 e. The predicted octanol–water partition coefficient (Wildman–Crippen LogP) is 2.27. The summed E-state index contributed by atoms with van der Waals surface area (Å²) in [6.45, 7) is 4.90. The highest BCUT2D eigenvalue weighted by Gasteiger charge is 2.24. The van der Waals surface area contributed by atoms with Crippen LogP contribution in [0, 0.1) is 13.8 Å². The van der Waals surface area contributed by atoms with E-state index >= 15 is 0 Å². The second-order valence-corrected chi connectivity index (χ2v) is 7.40. The lowest BCUT2D eigenvalue weighted by Gasteiger charge is -2.28. The van der Waals surface area contributed by atoms with Crippen molar-refractivity contribution in [2.75, 3.05) is 6.54 Å². The Hall–Kier alpha value is -3.07. The van der Waals surface area contributed by atoms with E-state index in [1.165, 1.54) is 11.3 Å². The monoisotopic (exact) mass is 397 g/mol. The van der Waals surface area contributed by atoms with E-state index in [0.717, 1.165) is 16.8 Å². The van der Waals surface area contributed by atoms with Gasteiger partial charge in [-0.2, -0.15) is 0 Å². The molecule has 0 radical (unpaired) electrons. The number of hydrogen-bond acceptors (Lipinski definition) is 7. The van der Waals surface area contributed by atoms with Gasteiger partial charge in [-0.1, -0.05) is 5.16 Å². The first kappa shape index (κ1) is 18.3. The van der Waals surface area contributed by atoms with Gasteiger partial charge in [-0.3, -0.25) is 14.6 Å². The first-order chi connectivity index (χ1) is 13.5. The molecule has 1 aliphatic rings. The van der Waals surface area contributed by atoms with E-state index in [9.17, 15) is 9.59 Å². The Morgan fingerprint density at radius 3 is 2.89 bits per heavy atom. The van der Waals surface area contributed by atoms with E-state index in [1.54, 1.807) is 35.8 Å². The maximum atomic E-state index is 12.5. The number of thiazole rings is 1. The van der Waals surface area contributed by atoms with Crippen LogP contribution in [0.25, 0.3) is 0 Å². The van der Waals surface area contributed by atoms with Crippen LogP contribution in [0.2, 0.25) is 0 Å². The van der Waals surface area contributed by atoms with Gasteiger partial charge in [-0.25, -0.2) is 4.98 Å². The third-order valence-corrected chi connectivity index (χ3v) is 5.33. The van der Waals surface area contributed by atoms with Crippen molar-refractivity contribution < 1.29 is 14.1 Å². The molecule has 0 atom stereocenters. The highest BCUT2D eigenvalue weighted by molar-refractivity contribution is 7.07. The molecule has 0 spiro atoms. The fraction of sp³-hybridized carbons (Fsp3) is 0.316. The molecule has 0 saturated carbocycles. The molecule has 2 amide bonds. The minimum absolute atomic E-state index is 0.0657. The number of nitrogens with one attached hydrogen (secondary N) is 1. The van der Waals surface area contributed by atoms with E-state index in [2.05, 4.69) is 20.4 Å². The van der Waals surface area contributed by atoms with Crippen molar-refractivity contribution in [3.63, 3.8) is 0 Å². The Morgan fingerprint density at radius 2 is 2.18 bits per heavy atom. The van der Waals surface area contributed by atoms with Gasteiger partial charge in [0.05, 0.1) is 11.2 Å². The number of carbonyl (C=O) groups is 2. The summed E-state index contributed by atoms with van der Waals surface area (Å²) in [6, 6.07) is 2.00. The molecule has 0 fully saturated rings. The lowest BCUT2D eigenvalue weighted by molar-refractivity contribution is 0.0728. The molecule has 3 aromatic rings. The molecule has 0 aliphatic carbocycles. The molecular weight excluding hydrogens is 378 g/mol. The summed E-state index contributed by atoms with van der Waals surface area (Å²) in [5.74, 6) is 0.202. The first-order valence-corrected chi connectivity index (χ1v) is 9.82. The number of hydrogen-bond donors (Lipinski definition) is 1. The maximum absolute atomic E-state index is 12.5. The molecule has 1 N–H and O–H groups in total. The number of nitrogens with zero attached hydrogens (tertiary/aromatic N) is 4. The van der Waals surface area contributed by atoms with E-state index in [4.69, 9.17) is 4.52 Å². The number of aryl methyl sites for hydroxylation is 2. The van der Waals surface area contributed by atoms with Crippen molar-refractivity contribution >= 4 is 23.2 Å². The lowest BCUT2D eigenvalue weighted by Crippen LogP contribution is -2.36. The summed E-state index contributed by atoms with van der Waals surface area (Å²) in [6.07, 6.45) is 2.47. The summed E-state index contributed by atoms with van der Waals surface area (Å²) in [7, 11) is 0. The first-order valence-electron chi connectivity index (χ1n) is 8.88. The van der Waals surface area contributed by atoms with E-state index in [0.29, 0.717) is 48.8 Å². The highest BCUT2D eigenvalue weighted by Crippen LogP contribution is 2.20. The number of fused-ring (bicyclic) bond motifs is 1. The molecule has 0 saturated heterocycles. The number of amides is 2. The van der Waals surface area contributed by atoms with E-state index < -0.39 is 0 Å². The fourth-order valence-electron chi connectivity index (χ4n) is 3.30. The average molecular weight is 397 g/mol. The van der Waals surface area contributed by atoms with Gasteiger partial charge in [0.15, 0.2) is 0 Å². The minimum Gasteiger partial charge on any atom is -0.361 e. The summed E-state index contributed by atoms with van der Waals surface area (Å²) in [4.78, 5) is 35.3. The van der Waals surface area contributed by atoms with Crippen molar-refractivity contribution in [1.29, 1.82) is 0 Å². The molecule has 0 aromatic carbocycles. The Balaban J connectivity index is 1.45. The van der Waals surface area contributed by atoms with Crippen LogP contribution in [0.15, 0.2) is 27.7 Å². The van der Waals surface area contributed by atoms with Crippen molar-refractivity contribution in [3.8, 4) is 0 Å². The highest BCUT2D eigenvalue weighted by atomic mass is 32.1. The zero-order valence-electron chi connectivity index (χ0n) is 15.6. The maximum Gasteiger partial charge on any atom is 0.273 e. The molecule has 144 valence electrons. The molecule has 3 aromatic heterocycles. The SMILES string of the molecule is Cc1noc(C)c1C(=O)NCc1cnc2c(c1)CN(C(=O)c1cscn1)CC2. The molecule has 4 rings (SSSR count). The predicted molar refractivity (Wildman–Crippen MR) is 102 cm³/mol. The zero-order valence-corrected chi connectivity index (χ0v) is 16.4. The largest absolute Gasteiger partial charge is 0.361 e. The van der Waals surface area contributed by atoms with Crippen LogP contribution in [0.1, 0.15) is 49.1 Å². The molecular formula is C19H19N5O3S. The van der Waals surface area contributed by atoms with Crippen LogP contribution in [0.5, 0.6) is 0 Å². The van der Waals surface area contributed by atoms with Crippen molar-refractivity contribution in [2.45, 2.75) is 33.4 Å². The fourth-order valence-corrected chi connectivity index (χ4v) is 3.83. The summed E-state index contributed by atoms with van der Waals surface area (Å²) < 4.78 is 5.04. The van der Waals surface area contributed by atoms with Crippen molar-refractivity contribution in [2.24, 2.45) is 0 Å². The van der Waals surface area contributed by atoms with Gasteiger partial charge in [0.1, 0.15) is 17.0 Å². The van der Waals surface area contributed by atoms with Gasteiger partial charge in [-0.15, -0.1) is 11.3 Å². The van der Waals surface area contributed by atoms with Gasteiger partial charge < -0.3 is 14.7 Å². The van der Waals surface area contributed by atoms with E-state index in [1.807, 2.05) is 6.07 Å². The van der Waals surface area contributed by atoms with Crippen molar-refractivity contribution in [3.05, 3.63) is 62.7 Å². The Morgan fingerprint density at radius 1 is 1.32 bits per heavy atom. The molecule has 8 nitrogen and oxygen atoms in total. The molecule has 1 aliphatic heterocycles. The topological polar surface area (TPSA) is 101 Å². The Kier molecular flexibility index (Phi) is 4.91. The van der Waals surface area contributed by atoms with Crippen LogP contribution >= 0.6 is 11.3 Å². The molecule has 4 heterocycles. The Bertz CT molecular complexity index is 1010. The third-order valence-electron chi connectivity index (χ3n) is 4.75. The summed E-state index contributed by atoms with van der Waals surface area (Å²) >= 11 is 1.41. The number of carbonyl (C=O) groups excluding carboxylic acids is 2. The summed E-state index contributed by atoms with van der Waals surface area (Å²) in [5, 5.41) is 8.44. The standard InChI is InChI=1S/C19H19N5O3S/c1-11-17(12(2)27-23-11)18(25)21-7-13-5-14-8-24(4-3-15(14)20-6-13)19(26)16-9-28-10-22-16/h5-6,9-10H,3-4,7-8H2,1-2H3,(H,21,25). The third kappa shape index (κ3) is 3.53. The van der Waals surface area contributed by atoms with Gasteiger partial charge in [0.25, 0.3) is 11.8 Å². The normalized spacial score (nSPS) is 13.3. The quantitative estimate of drug-likeness (QED) is 0.725. The van der Waals surface area contributed by atoms with Gasteiger partial charge in [0, 0.05) is 43.3 Å². The van der Waals surface area contributed by atoms with Crippen LogP contribution in [-0.2, 0) is 19.5 Å². The molecule has 0 bridgehead atoms. The van der Waals surface area contributed by atoms with Crippen molar-refractivity contribution in [1.82, 2.24) is 25.3 Å². The van der Waals surface area contributed by atoms with Crippen LogP contribution in [0.4, 0.5) is 0 Å². The molecule has 9 heteroatoms.